The van der Waals surface area contributed by atoms with Gasteiger partial charge in [-0.05, 0) is 48.2 Å². The highest BCUT2D eigenvalue weighted by molar-refractivity contribution is 6.11. The van der Waals surface area contributed by atoms with Crippen LogP contribution in [0.15, 0.2) is 89.1 Å². The Morgan fingerprint density at radius 1 is 0.848 bits per heavy atom. The molecule has 0 aliphatic carbocycles. The van der Waals surface area contributed by atoms with E-state index >= 15 is 0 Å². The number of phenolic OH excluding ortho intramolecular Hbond substituents is 1. The van der Waals surface area contributed by atoms with Crippen molar-refractivity contribution in [2.24, 2.45) is 10.2 Å². The molecule has 0 saturated carbocycles. The summed E-state index contributed by atoms with van der Waals surface area (Å²) in [5.41, 5.74) is 2.62. The molecule has 0 aliphatic heterocycles. The lowest BCUT2D eigenvalue weighted by molar-refractivity contribution is 0.0962. The van der Waals surface area contributed by atoms with Crippen LogP contribution in [0.2, 0.25) is 0 Å². The van der Waals surface area contributed by atoms with Crippen molar-refractivity contribution in [2.45, 2.75) is 6.92 Å². The molecule has 0 aromatic heterocycles. The molecule has 0 unspecified atom stereocenters. The van der Waals surface area contributed by atoms with Crippen molar-refractivity contribution < 1.29 is 14.7 Å². The lowest BCUT2D eigenvalue weighted by Gasteiger charge is -2.11. The third-order valence-electron chi connectivity index (χ3n) is 5.23. The Morgan fingerprint density at radius 3 is 2.33 bits per heavy atom. The number of aryl methyl sites for hydroxylation is 1. The first-order valence-corrected chi connectivity index (χ1v) is 10.3. The van der Waals surface area contributed by atoms with Gasteiger partial charge in [-0.3, -0.25) is 9.59 Å². The molecule has 0 radical (unpaired) electrons. The lowest BCUT2D eigenvalue weighted by Crippen LogP contribution is -2.17. The van der Waals surface area contributed by atoms with Gasteiger partial charge in [0.1, 0.15) is 5.69 Å². The van der Waals surface area contributed by atoms with Crippen molar-refractivity contribution >= 4 is 39.6 Å². The number of benzene rings is 4. The number of nitrogens with zero attached hydrogens (tertiary/aromatic N) is 2. The first-order chi connectivity index (χ1) is 16.0. The summed E-state index contributed by atoms with van der Waals surface area (Å²) in [5.74, 6) is -0.969. The summed E-state index contributed by atoms with van der Waals surface area (Å²) in [7, 11) is 1.56. The second kappa shape index (κ2) is 9.32. The third-order valence-corrected chi connectivity index (χ3v) is 5.23. The summed E-state index contributed by atoms with van der Waals surface area (Å²) in [6, 6.07) is 23.0. The Hall–Kier alpha value is -4.52. The largest absolute Gasteiger partial charge is 0.505 e. The standard InChI is InChI=1S/C26H22N4O3/c1-16-12-13-18(25(32)27-2)15-22(16)29-30-23-20-11-7-6-8-17(20)14-21(24(23)31)26(33)28-19-9-4-3-5-10-19/h3-15,31H,1-2H3,(H,27,32)(H,28,33). The number of amides is 2. The number of nitrogens with one attached hydrogen (secondary N) is 2. The van der Waals surface area contributed by atoms with E-state index < -0.39 is 5.91 Å². The number of carbonyl (C=O) groups is 2. The molecule has 0 aliphatic rings. The van der Waals surface area contributed by atoms with Gasteiger partial charge in [-0.15, -0.1) is 5.11 Å². The molecule has 0 spiro atoms. The maximum absolute atomic E-state index is 12.9. The number of fused-ring (bicyclic) bond motifs is 1. The number of anilines is 1. The maximum atomic E-state index is 12.9. The number of para-hydroxylation sites is 1. The topological polar surface area (TPSA) is 103 Å². The van der Waals surface area contributed by atoms with E-state index in [4.69, 9.17) is 0 Å². The molecule has 0 saturated heterocycles. The zero-order chi connectivity index (χ0) is 23.4. The van der Waals surface area contributed by atoms with E-state index in [0.717, 1.165) is 10.9 Å². The fourth-order valence-corrected chi connectivity index (χ4v) is 3.42. The Balaban J connectivity index is 1.78. The van der Waals surface area contributed by atoms with E-state index in [-0.39, 0.29) is 22.9 Å². The van der Waals surface area contributed by atoms with Gasteiger partial charge in [-0.2, -0.15) is 5.11 Å². The monoisotopic (exact) mass is 438 g/mol. The number of rotatable bonds is 5. The van der Waals surface area contributed by atoms with Crippen LogP contribution in [-0.2, 0) is 0 Å². The van der Waals surface area contributed by atoms with Crippen LogP contribution in [0.5, 0.6) is 5.75 Å². The van der Waals surface area contributed by atoms with Gasteiger partial charge in [-0.25, -0.2) is 0 Å². The van der Waals surface area contributed by atoms with Crippen LogP contribution in [0.1, 0.15) is 26.3 Å². The van der Waals surface area contributed by atoms with E-state index in [1.165, 1.54) is 0 Å². The van der Waals surface area contributed by atoms with Crippen LogP contribution in [0.25, 0.3) is 10.8 Å². The molecule has 4 rings (SSSR count). The summed E-state index contributed by atoms with van der Waals surface area (Å²) in [6.07, 6.45) is 0. The van der Waals surface area contributed by atoms with Crippen LogP contribution in [0.3, 0.4) is 0 Å². The highest BCUT2D eigenvalue weighted by Gasteiger charge is 2.18. The Kier molecular flexibility index (Phi) is 6.13. The molecule has 33 heavy (non-hydrogen) atoms. The molecule has 4 aromatic carbocycles. The highest BCUT2D eigenvalue weighted by Crippen LogP contribution is 2.40. The van der Waals surface area contributed by atoms with Gasteiger partial charge in [0.25, 0.3) is 11.8 Å². The fraction of sp³-hybridized carbons (Fsp3) is 0.0769. The summed E-state index contributed by atoms with van der Waals surface area (Å²) in [5, 5.41) is 26.3. The summed E-state index contributed by atoms with van der Waals surface area (Å²) in [4.78, 5) is 24.9. The predicted octanol–water partition coefficient (Wildman–Crippen LogP) is 5.88. The zero-order valence-corrected chi connectivity index (χ0v) is 18.2. The Labute approximate surface area is 190 Å². The van der Waals surface area contributed by atoms with Gasteiger partial charge in [0.15, 0.2) is 5.75 Å². The summed E-state index contributed by atoms with van der Waals surface area (Å²) >= 11 is 0. The smallest absolute Gasteiger partial charge is 0.259 e. The van der Waals surface area contributed by atoms with Crippen molar-refractivity contribution in [3.63, 3.8) is 0 Å². The molecule has 164 valence electrons. The first-order valence-electron chi connectivity index (χ1n) is 10.3. The molecule has 2 amide bonds. The van der Waals surface area contributed by atoms with Crippen molar-refractivity contribution in [1.82, 2.24) is 5.32 Å². The normalized spacial score (nSPS) is 11.0. The van der Waals surface area contributed by atoms with Crippen molar-refractivity contribution in [1.29, 1.82) is 0 Å². The van der Waals surface area contributed by atoms with Gasteiger partial charge in [-0.1, -0.05) is 48.5 Å². The quantitative estimate of drug-likeness (QED) is 0.339. The first kappa shape index (κ1) is 21.7. The molecule has 7 nitrogen and oxygen atoms in total. The fourth-order valence-electron chi connectivity index (χ4n) is 3.42. The van der Waals surface area contributed by atoms with E-state index in [0.29, 0.717) is 22.3 Å². The molecule has 4 aromatic rings. The average molecular weight is 438 g/mol. The van der Waals surface area contributed by atoms with Crippen LogP contribution in [-0.4, -0.2) is 24.0 Å². The van der Waals surface area contributed by atoms with Crippen LogP contribution in [0.4, 0.5) is 17.1 Å². The molecule has 7 heteroatoms. The summed E-state index contributed by atoms with van der Waals surface area (Å²) < 4.78 is 0. The van der Waals surface area contributed by atoms with Gasteiger partial charge in [0.05, 0.1) is 11.3 Å². The molecular weight excluding hydrogens is 416 g/mol. The number of hydrogen-bond donors (Lipinski definition) is 3. The molecule has 0 fully saturated rings. The SMILES string of the molecule is CNC(=O)c1ccc(C)c(N=Nc2c(O)c(C(=O)Nc3ccccc3)cc3ccccc23)c1. The Morgan fingerprint density at radius 2 is 1.58 bits per heavy atom. The van der Waals surface area contributed by atoms with Crippen molar-refractivity contribution in [2.75, 3.05) is 12.4 Å². The number of hydrogen-bond acceptors (Lipinski definition) is 5. The minimum absolute atomic E-state index is 0.0855. The minimum atomic E-state index is -0.460. The number of carbonyl (C=O) groups excluding carboxylic acids is 2. The number of phenols is 1. The van der Waals surface area contributed by atoms with E-state index in [9.17, 15) is 14.7 Å². The lowest BCUT2D eigenvalue weighted by atomic mass is 10.0. The van der Waals surface area contributed by atoms with E-state index in [1.54, 1.807) is 49.5 Å². The van der Waals surface area contributed by atoms with Crippen molar-refractivity contribution in [3.05, 3.63) is 95.6 Å². The minimum Gasteiger partial charge on any atom is -0.505 e. The highest BCUT2D eigenvalue weighted by atomic mass is 16.3. The molecule has 0 bridgehead atoms. The van der Waals surface area contributed by atoms with Crippen LogP contribution < -0.4 is 10.6 Å². The third kappa shape index (κ3) is 4.57. The average Bonchev–Trinajstić information content (AvgIpc) is 2.84. The van der Waals surface area contributed by atoms with Gasteiger partial charge in [0, 0.05) is 23.7 Å². The van der Waals surface area contributed by atoms with Crippen molar-refractivity contribution in [3.8, 4) is 5.75 Å². The predicted molar refractivity (Wildman–Crippen MR) is 129 cm³/mol. The second-order valence-corrected chi connectivity index (χ2v) is 7.44. The number of azo groups is 1. The van der Waals surface area contributed by atoms with Gasteiger partial charge < -0.3 is 15.7 Å². The molecule has 0 heterocycles. The van der Waals surface area contributed by atoms with Crippen LogP contribution in [0, 0.1) is 6.92 Å². The summed E-state index contributed by atoms with van der Waals surface area (Å²) in [6.45, 7) is 1.85. The zero-order valence-electron chi connectivity index (χ0n) is 18.2. The molecule has 0 atom stereocenters. The Bertz CT molecular complexity index is 1380. The van der Waals surface area contributed by atoms with Gasteiger partial charge >= 0.3 is 0 Å². The van der Waals surface area contributed by atoms with E-state index in [2.05, 4.69) is 20.9 Å². The second-order valence-electron chi connectivity index (χ2n) is 7.44. The van der Waals surface area contributed by atoms with E-state index in [1.807, 2.05) is 43.3 Å². The molecular formula is C26H22N4O3. The number of aromatic hydroxyl groups is 1. The van der Waals surface area contributed by atoms with Gasteiger partial charge in [0.2, 0.25) is 0 Å². The van der Waals surface area contributed by atoms with Crippen LogP contribution >= 0.6 is 0 Å². The maximum Gasteiger partial charge on any atom is 0.259 e. The molecule has 3 N–H and O–H groups in total.